The van der Waals surface area contributed by atoms with Crippen molar-refractivity contribution in [3.63, 3.8) is 0 Å². The quantitative estimate of drug-likeness (QED) is 0.809. The standard InChI is InChI=1S/C19H23FN2O2/c1-22(2)18(15-7-6-8-16(20)13-15)14-21-19(23)11-12-24-17-9-4-3-5-10-17/h3-10,13,18H,11-12,14H2,1-2H3,(H,21,23). The van der Waals surface area contributed by atoms with Gasteiger partial charge in [-0.1, -0.05) is 30.3 Å². The first kappa shape index (κ1) is 17.9. The minimum Gasteiger partial charge on any atom is -0.493 e. The van der Waals surface area contributed by atoms with Gasteiger partial charge in [0.05, 0.1) is 19.1 Å². The monoisotopic (exact) mass is 330 g/mol. The molecule has 0 aliphatic rings. The molecule has 0 saturated heterocycles. The van der Waals surface area contributed by atoms with E-state index in [0.717, 1.165) is 11.3 Å². The summed E-state index contributed by atoms with van der Waals surface area (Å²) in [6, 6.07) is 15.7. The summed E-state index contributed by atoms with van der Waals surface area (Å²) in [6.07, 6.45) is 0.276. The number of ether oxygens (including phenoxy) is 1. The van der Waals surface area contributed by atoms with E-state index in [1.165, 1.54) is 12.1 Å². The number of hydrogen-bond donors (Lipinski definition) is 1. The number of rotatable bonds is 8. The van der Waals surface area contributed by atoms with Crippen LogP contribution in [0.25, 0.3) is 0 Å². The van der Waals surface area contributed by atoms with Crippen LogP contribution in [-0.2, 0) is 4.79 Å². The van der Waals surface area contributed by atoms with E-state index in [1.54, 1.807) is 6.07 Å². The fraction of sp³-hybridized carbons (Fsp3) is 0.316. The summed E-state index contributed by atoms with van der Waals surface area (Å²) in [4.78, 5) is 13.9. The molecular weight excluding hydrogens is 307 g/mol. The van der Waals surface area contributed by atoms with Gasteiger partial charge in [0.2, 0.25) is 5.91 Å². The van der Waals surface area contributed by atoms with Gasteiger partial charge in [-0.05, 0) is 43.9 Å². The molecule has 0 fully saturated rings. The molecule has 0 aliphatic carbocycles. The van der Waals surface area contributed by atoms with Crippen LogP contribution in [0, 0.1) is 5.82 Å². The number of carbonyl (C=O) groups excluding carboxylic acids is 1. The number of para-hydroxylation sites is 1. The Morgan fingerprint density at radius 3 is 2.58 bits per heavy atom. The second kappa shape index (κ2) is 9.03. The van der Waals surface area contributed by atoms with E-state index < -0.39 is 0 Å². The van der Waals surface area contributed by atoms with Crippen LogP contribution in [0.3, 0.4) is 0 Å². The average molecular weight is 330 g/mol. The van der Waals surface area contributed by atoms with Crippen molar-refractivity contribution in [1.82, 2.24) is 10.2 Å². The van der Waals surface area contributed by atoms with Gasteiger partial charge < -0.3 is 15.0 Å². The van der Waals surface area contributed by atoms with Gasteiger partial charge in [-0.25, -0.2) is 4.39 Å². The van der Waals surface area contributed by atoms with E-state index in [1.807, 2.05) is 55.4 Å². The number of nitrogens with one attached hydrogen (secondary N) is 1. The van der Waals surface area contributed by atoms with Crippen LogP contribution in [0.2, 0.25) is 0 Å². The number of carbonyl (C=O) groups is 1. The molecule has 2 aromatic rings. The Balaban J connectivity index is 1.80. The van der Waals surface area contributed by atoms with E-state index in [4.69, 9.17) is 4.74 Å². The molecule has 5 heteroatoms. The zero-order valence-corrected chi connectivity index (χ0v) is 14.0. The fourth-order valence-corrected chi connectivity index (χ4v) is 2.39. The highest BCUT2D eigenvalue weighted by Gasteiger charge is 2.15. The van der Waals surface area contributed by atoms with Gasteiger partial charge in [-0.3, -0.25) is 4.79 Å². The van der Waals surface area contributed by atoms with Gasteiger partial charge >= 0.3 is 0 Å². The maximum absolute atomic E-state index is 13.4. The van der Waals surface area contributed by atoms with Crippen molar-refractivity contribution in [3.8, 4) is 5.75 Å². The molecule has 0 saturated carbocycles. The zero-order chi connectivity index (χ0) is 17.4. The Hall–Kier alpha value is -2.40. The summed E-state index contributed by atoms with van der Waals surface area (Å²) < 4.78 is 18.9. The first-order valence-corrected chi connectivity index (χ1v) is 7.92. The molecule has 0 aliphatic heterocycles. The number of nitrogens with zero attached hydrogens (tertiary/aromatic N) is 1. The van der Waals surface area contributed by atoms with Crippen LogP contribution in [0.4, 0.5) is 4.39 Å². The fourth-order valence-electron chi connectivity index (χ4n) is 2.39. The molecule has 1 atom stereocenters. The third-order valence-corrected chi connectivity index (χ3v) is 3.69. The van der Waals surface area contributed by atoms with Crippen molar-refractivity contribution < 1.29 is 13.9 Å². The summed E-state index contributed by atoms with van der Waals surface area (Å²) >= 11 is 0. The molecule has 128 valence electrons. The maximum Gasteiger partial charge on any atom is 0.223 e. The highest BCUT2D eigenvalue weighted by molar-refractivity contribution is 5.76. The normalized spacial score (nSPS) is 12.0. The van der Waals surface area contributed by atoms with Crippen LogP contribution >= 0.6 is 0 Å². The highest BCUT2D eigenvalue weighted by Crippen LogP contribution is 2.18. The average Bonchev–Trinajstić information content (AvgIpc) is 2.56. The van der Waals surface area contributed by atoms with Gasteiger partial charge in [-0.15, -0.1) is 0 Å². The molecule has 0 bridgehead atoms. The first-order chi connectivity index (χ1) is 11.6. The summed E-state index contributed by atoms with van der Waals surface area (Å²) in [6.45, 7) is 0.739. The van der Waals surface area contributed by atoms with Crippen molar-refractivity contribution in [2.24, 2.45) is 0 Å². The lowest BCUT2D eigenvalue weighted by Crippen LogP contribution is -2.35. The van der Waals surface area contributed by atoms with E-state index >= 15 is 0 Å². The van der Waals surface area contributed by atoms with E-state index in [9.17, 15) is 9.18 Å². The molecule has 4 nitrogen and oxygen atoms in total. The number of benzene rings is 2. The van der Waals surface area contributed by atoms with Gasteiger partial charge in [0.15, 0.2) is 0 Å². The summed E-state index contributed by atoms with van der Waals surface area (Å²) in [5.74, 6) is 0.382. The summed E-state index contributed by atoms with van der Waals surface area (Å²) in [7, 11) is 3.81. The molecule has 24 heavy (non-hydrogen) atoms. The van der Waals surface area contributed by atoms with Crippen molar-refractivity contribution >= 4 is 5.91 Å². The van der Waals surface area contributed by atoms with Crippen LogP contribution in [0.1, 0.15) is 18.0 Å². The Labute approximate surface area is 142 Å². The highest BCUT2D eigenvalue weighted by atomic mass is 19.1. The number of hydrogen-bond acceptors (Lipinski definition) is 3. The largest absolute Gasteiger partial charge is 0.493 e. The van der Waals surface area contributed by atoms with Crippen molar-refractivity contribution in [1.29, 1.82) is 0 Å². The molecular formula is C19H23FN2O2. The molecule has 0 spiro atoms. The van der Waals surface area contributed by atoms with Gasteiger partial charge in [-0.2, -0.15) is 0 Å². The lowest BCUT2D eigenvalue weighted by Gasteiger charge is -2.25. The van der Waals surface area contributed by atoms with E-state index in [2.05, 4.69) is 5.32 Å². The van der Waals surface area contributed by atoms with Gasteiger partial charge in [0.1, 0.15) is 11.6 Å². The van der Waals surface area contributed by atoms with E-state index in [-0.39, 0.29) is 24.2 Å². The lowest BCUT2D eigenvalue weighted by molar-refractivity contribution is -0.121. The van der Waals surface area contributed by atoms with Crippen LogP contribution in [0.5, 0.6) is 5.75 Å². The minimum absolute atomic E-state index is 0.0836. The molecule has 2 rings (SSSR count). The molecule has 1 unspecified atom stereocenters. The second-order valence-corrected chi connectivity index (χ2v) is 5.75. The third kappa shape index (κ3) is 5.66. The molecule has 0 radical (unpaired) electrons. The number of halogens is 1. The van der Waals surface area contributed by atoms with Crippen LogP contribution < -0.4 is 10.1 Å². The lowest BCUT2D eigenvalue weighted by atomic mass is 10.1. The Morgan fingerprint density at radius 2 is 1.92 bits per heavy atom. The molecule has 2 aromatic carbocycles. The van der Waals surface area contributed by atoms with Crippen molar-refractivity contribution in [2.75, 3.05) is 27.2 Å². The first-order valence-electron chi connectivity index (χ1n) is 7.92. The predicted molar refractivity (Wildman–Crippen MR) is 92.4 cm³/mol. The topological polar surface area (TPSA) is 41.6 Å². The van der Waals surface area contributed by atoms with Crippen molar-refractivity contribution in [2.45, 2.75) is 12.5 Å². The number of amides is 1. The van der Waals surface area contributed by atoms with Crippen molar-refractivity contribution in [3.05, 3.63) is 66.0 Å². The second-order valence-electron chi connectivity index (χ2n) is 5.75. The maximum atomic E-state index is 13.4. The molecule has 0 aromatic heterocycles. The molecule has 1 amide bonds. The van der Waals surface area contributed by atoms with Gasteiger partial charge in [0.25, 0.3) is 0 Å². The zero-order valence-electron chi connectivity index (χ0n) is 14.0. The smallest absolute Gasteiger partial charge is 0.223 e. The van der Waals surface area contributed by atoms with Gasteiger partial charge in [0, 0.05) is 6.54 Å². The number of likely N-dealkylation sites (N-methyl/N-ethyl adjacent to an activating group) is 1. The predicted octanol–water partition coefficient (Wildman–Crippen LogP) is 3.01. The Bertz CT molecular complexity index is 647. The van der Waals surface area contributed by atoms with Crippen LogP contribution in [0.15, 0.2) is 54.6 Å². The molecule has 0 heterocycles. The Morgan fingerprint density at radius 1 is 1.17 bits per heavy atom. The summed E-state index contributed by atoms with van der Waals surface area (Å²) in [5, 5.41) is 2.89. The SMILES string of the molecule is CN(C)C(CNC(=O)CCOc1ccccc1)c1cccc(F)c1. The molecule has 1 N–H and O–H groups in total. The van der Waals surface area contributed by atoms with E-state index in [0.29, 0.717) is 13.2 Å². The minimum atomic E-state index is -0.276. The summed E-state index contributed by atoms with van der Waals surface area (Å²) in [5.41, 5.74) is 0.834. The third-order valence-electron chi connectivity index (χ3n) is 3.69. The Kier molecular flexibility index (Phi) is 6.75. The van der Waals surface area contributed by atoms with Crippen LogP contribution in [-0.4, -0.2) is 38.1 Å².